The van der Waals surface area contributed by atoms with Crippen molar-refractivity contribution in [3.05, 3.63) is 16.4 Å². The zero-order valence-electron chi connectivity index (χ0n) is 7.98. The van der Waals surface area contributed by atoms with Crippen molar-refractivity contribution in [2.45, 2.75) is 0 Å². The minimum atomic E-state index is -0.240. The molecule has 0 aromatic carbocycles. The molecule has 1 aromatic rings. The first kappa shape index (κ1) is 7.46. The lowest BCUT2D eigenvalue weighted by atomic mass is 10.1. The van der Waals surface area contributed by atoms with Crippen LogP contribution in [-0.2, 0) is 7.05 Å². The van der Waals surface area contributed by atoms with Crippen LogP contribution in [0.2, 0.25) is 0 Å². The number of nitrogens with zero attached hydrogens (tertiary/aromatic N) is 3. The maximum absolute atomic E-state index is 11.2. The van der Waals surface area contributed by atoms with Crippen molar-refractivity contribution in [3.63, 3.8) is 0 Å². The molecule has 0 spiro atoms. The zero-order valence-corrected chi connectivity index (χ0v) is 6.98. The summed E-state index contributed by atoms with van der Waals surface area (Å²) < 4.78 is 8.19. The van der Waals surface area contributed by atoms with E-state index in [-0.39, 0.29) is 11.3 Å². The highest BCUT2D eigenvalue weighted by Crippen LogP contribution is 1.97. The SMILES string of the molecule is [3H][B]N(C)c1cc(=O)n(C)c([B-])n1. The number of anilines is 1. The van der Waals surface area contributed by atoms with Crippen molar-refractivity contribution in [2.75, 3.05) is 11.9 Å². The predicted octanol–water partition coefficient (Wildman–Crippen LogP) is -2.17. The molecule has 0 unspecified atom stereocenters. The van der Waals surface area contributed by atoms with Gasteiger partial charge in [-0.3, -0.25) is 9.78 Å². The van der Waals surface area contributed by atoms with Crippen molar-refractivity contribution in [1.29, 1.82) is 1.34 Å². The molecule has 1 heterocycles. The molecule has 1 aromatic heterocycles. The Hall–Kier alpha value is -1.19. The number of aromatic nitrogens is 2. The number of hydrogen-bond donors (Lipinski definition) is 0. The summed E-state index contributed by atoms with van der Waals surface area (Å²) in [6.07, 6.45) is 0. The van der Waals surface area contributed by atoms with E-state index in [1.54, 1.807) is 14.1 Å². The fourth-order valence-corrected chi connectivity index (χ4v) is 0.725. The molecule has 0 atom stereocenters. The Kier molecular flexibility index (Phi) is 1.89. The molecule has 6 heteroatoms. The Labute approximate surface area is 74.4 Å². The smallest absolute Gasteiger partial charge is 0.252 e. The van der Waals surface area contributed by atoms with E-state index in [2.05, 4.69) is 4.98 Å². The average molecular weight is 162 g/mol. The van der Waals surface area contributed by atoms with Crippen LogP contribution < -0.4 is 16.1 Å². The highest BCUT2D eigenvalue weighted by molar-refractivity contribution is 6.29. The van der Waals surface area contributed by atoms with E-state index in [9.17, 15) is 4.79 Å². The molecule has 0 saturated carbocycles. The van der Waals surface area contributed by atoms with E-state index in [0.29, 0.717) is 5.82 Å². The molecule has 0 bridgehead atoms. The summed E-state index contributed by atoms with van der Waals surface area (Å²) in [6, 6.07) is 1.32. The average Bonchev–Trinajstić information content (AvgIpc) is 2.12. The van der Waals surface area contributed by atoms with E-state index in [0.717, 1.165) is 7.94 Å². The molecule has 1 rings (SSSR count). The van der Waals surface area contributed by atoms with E-state index >= 15 is 0 Å². The van der Waals surface area contributed by atoms with E-state index in [1.807, 2.05) is 0 Å². The summed E-state index contributed by atoms with van der Waals surface area (Å²) in [5.74, 6) is 0.371. The Morgan fingerprint density at radius 1 is 1.92 bits per heavy atom. The van der Waals surface area contributed by atoms with Gasteiger partial charge in [0.05, 0.1) is 0 Å². The Balaban J connectivity index is 3.21. The lowest BCUT2D eigenvalue weighted by Gasteiger charge is -2.18. The minimum absolute atomic E-state index is 0.135. The summed E-state index contributed by atoms with van der Waals surface area (Å²) in [4.78, 5) is 16.5. The van der Waals surface area contributed by atoms with Gasteiger partial charge in [0.1, 0.15) is 5.82 Å². The molecule has 0 amide bonds. The van der Waals surface area contributed by atoms with Crippen LogP contribution in [0.4, 0.5) is 5.82 Å². The van der Waals surface area contributed by atoms with Crippen LogP contribution in [-0.4, -0.2) is 33.7 Å². The Morgan fingerprint density at radius 3 is 3.08 bits per heavy atom. The summed E-state index contributed by atoms with van der Waals surface area (Å²) in [5, 5.41) is 0. The fraction of sp³-hybridized carbons (Fsp3) is 0.333. The molecule has 12 heavy (non-hydrogen) atoms. The Morgan fingerprint density at radius 2 is 2.58 bits per heavy atom. The topological polar surface area (TPSA) is 38.1 Å². The van der Waals surface area contributed by atoms with Crippen molar-refractivity contribution < 1.29 is 0 Å². The van der Waals surface area contributed by atoms with Crippen molar-refractivity contribution >= 4 is 27.3 Å². The van der Waals surface area contributed by atoms with Gasteiger partial charge in [-0.15, -0.1) is 0 Å². The maximum atomic E-state index is 11.2. The number of rotatable bonds is 2. The third-order valence-corrected chi connectivity index (χ3v) is 1.52. The summed E-state index contributed by atoms with van der Waals surface area (Å²) in [5.41, 5.74) is -0.104. The molecule has 0 N–H and O–H groups in total. The van der Waals surface area contributed by atoms with Gasteiger partial charge in [0, 0.05) is 14.4 Å². The van der Waals surface area contributed by atoms with Crippen LogP contribution in [0.3, 0.4) is 0 Å². The second-order valence-corrected chi connectivity index (χ2v) is 2.48. The maximum Gasteiger partial charge on any atom is 0.252 e. The van der Waals surface area contributed by atoms with Gasteiger partial charge in [0.25, 0.3) is 5.56 Å². The molecule has 60 valence electrons. The van der Waals surface area contributed by atoms with Crippen LogP contribution in [0.25, 0.3) is 0 Å². The first-order valence-electron chi connectivity index (χ1n) is 3.92. The lowest BCUT2D eigenvalue weighted by molar-refractivity contribution is 0.861. The largest absolute Gasteiger partial charge is 0.528 e. The van der Waals surface area contributed by atoms with Gasteiger partial charge >= 0.3 is 0 Å². The van der Waals surface area contributed by atoms with E-state index in [4.69, 9.17) is 9.18 Å². The molecule has 0 saturated heterocycles. The molecular weight excluding hydrogens is 152 g/mol. The van der Waals surface area contributed by atoms with Crippen molar-refractivity contribution in [2.24, 2.45) is 7.05 Å². The van der Waals surface area contributed by atoms with Gasteiger partial charge in [-0.2, -0.15) is 5.72 Å². The standard InChI is InChI=1S/C6H8B2N3O/c1-10-5(12)3-4(11(2)8)9-6(10)7/h3,8H,1-2H3/q-1/i8T. The summed E-state index contributed by atoms with van der Waals surface area (Å²) >= 11 is 0. The second-order valence-electron chi connectivity index (χ2n) is 2.48. The van der Waals surface area contributed by atoms with Crippen LogP contribution in [0.1, 0.15) is 0 Å². The zero-order chi connectivity index (χ0) is 10.0. The highest BCUT2D eigenvalue weighted by Gasteiger charge is 1.97. The van der Waals surface area contributed by atoms with Gasteiger partial charge < -0.3 is 17.2 Å². The summed E-state index contributed by atoms with van der Waals surface area (Å²) in [6.45, 7) is 0. The van der Waals surface area contributed by atoms with Gasteiger partial charge in [0.2, 0.25) is 7.94 Å². The Bertz CT molecular complexity index is 367. The normalized spacial score (nSPS) is 10.8. The van der Waals surface area contributed by atoms with Gasteiger partial charge in [-0.1, -0.05) is 0 Å². The lowest BCUT2D eigenvalue weighted by Crippen LogP contribution is -2.34. The van der Waals surface area contributed by atoms with Crippen LogP contribution >= 0.6 is 0 Å². The molecule has 0 fully saturated rings. The summed E-state index contributed by atoms with van der Waals surface area (Å²) in [7, 11) is 9.68. The quantitative estimate of drug-likeness (QED) is 0.464. The fourth-order valence-electron chi connectivity index (χ4n) is 0.725. The molecular formula is C6H8B2N3O-. The van der Waals surface area contributed by atoms with Crippen LogP contribution in [0.5, 0.6) is 0 Å². The van der Waals surface area contributed by atoms with E-state index < -0.39 is 0 Å². The van der Waals surface area contributed by atoms with Crippen LogP contribution in [0.15, 0.2) is 10.9 Å². The monoisotopic (exact) mass is 162 g/mol. The van der Waals surface area contributed by atoms with Gasteiger partial charge in [-0.05, 0) is 7.05 Å². The predicted molar refractivity (Wildman–Crippen MR) is 50.4 cm³/mol. The molecule has 0 aliphatic heterocycles. The molecule has 4 nitrogen and oxygen atoms in total. The van der Waals surface area contributed by atoms with Gasteiger partial charge in [-0.25, -0.2) is 0 Å². The van der Waals surface area contributed by atoms with Gasteiger partial charge in [0.15, 0.2) is 0 Å². The van der Waals surface area contributed by atoms with Crippen LogP contribution in [0, 0.1) is 0 Å². The van der Waals surface area contributed by atoms with Crippen molar-refractivity contribution in [1.82, 2.24) is 9.55 Å². The first-order chi connectivity index (χ1) is 6.06. The molecule has 0 aliphatic carbocycles. The van der Waals surface area contributed by atoms with Crippen molar-refractivity contribution in [3.8, 4) is 0 Å². The van der Waals surface area contributed by atoms with E-state index in [1.165, 1.54) is 15.4 Å². The highest BCUT2D eigenvalue weighted by atomic mass is 16.1. The third kappa shape index (κ3) is 1.52. The molecule has 4 radical (unpaired) electrons. The minimum Gasteiger partial charge on any atom is -0.528 e. The second kappa shape index (κ2) is 3.05. The number of hydrogen-bond acceptors (Lipinski definition) is 3. The third-order valence-electron chi connectivity index (χ3n) is 1.52. The first-order valence-corrected chi connectivity index (χ1v) is 3.34. The molecule has 0 aliphatic rings.